The summed E-state index contributed by atoms with van der Waals surface area (Å²) in [4.78, 5) is 67.4. The molecule has 3 aliphatic rings. The van der Waals surface area contributed by atoms with E-state index in [0.717, 1.165) is 34.8 Å². The van der Waals surface area contributed by atoms with E-state index in [1.165, 1.54) is 36.4 Å². The van der Waals surface area contributed by atoms with Gasteiger partial charge >= 0.3 is 16.3 Å². The first kappa shape index (κ1) is 47.5. The molecule has 4 heterocycles. The van der Waals surface area contributed by atoms with E-state index in [0.29, 0.717) is 40.2 Å². The number of alkyl carbamates (subject to hydrolysis) is 1. The van der Waals surface area contributed by atoms with Crippen LogP contribution in [0.25, 0.3) is 21.6 Å². The van der Waals surface area contributed by atoms with Gasteiger partial charge in [-0.1, -0.05) is 37.1 Å². The largest absolute Gasteiger partial charge is 0.459 e. The molecule has 2 fully saturated rings. The molecular formula is C45H56F2N8O8S2. The molecule has 2 aromatic carbocycles. The van der Waals surface area contributed by atoms with Crippen LogP contribution in [-0.4, -0.2) is 106 Å². The van der Waals surface area contributed by atoms with E-state index in [4.69, 9.17) is 19.4 Å². The summed E-state index contributed by atoms with van der Waals surface area (Å²) in [6.45, 7) is 8.98. The molecule has 0 radical (unpaired) electrons. The number of fused-ring (bicyclic) bond motifs is 3. The monoisotopic (exact) mass is 938 g/mol. The summed E-state index contributed by atoms with van der Waals surface area (Å²) >= 11 is 1.38. The molecule has 7 rings (SSSR count). The molecule has 350 valence electrons. The smallest absolute Gasteiger partial charge is 0.408 e. The van der Waals surface area contributed by atoms with Crippen LogP contribution in [0, 0.1) is 17.6 Å². The Morgan fingerprint density at radius 3 is 2.55 bits per heavy atom. The van der Waals surface area contributed by atoms with Gasteiger partial charge in [0.15, 0.2) is 11.6 Å². The quantitative estimate of drug-likeness (QED) is 0.155. The third-order valence-electron chi connectivity index (χ3n) is 11.7. The summed E-state index contributed by atoms with van der Waals surface area (Å²) in [5.74, 6) is -4.49. The summed E-state index contributed by atoms with van der Waals surface area (Å²) in [5.41, 5.74) is 0.815. The number of nitrogens with zero attached hydrogens (tertiary/aromatic N) is 5. The third-order valence-corrected chi connectivity index (χ3v) is 14.0. The summed E-state index contributed by atoms with van der Waals surface area (Å²) in [5, 5.41) is 8.10. The average Bonchev–Trinajstić information content (AvgIpc) is 3.53. The number of allylic oxidation sites excluding steroid dienone is 1. The first-order valence-electron chi connectivity index (χ1n) is 21.8. The van der Waals surface area contributed by atoms with E-state index in [2.05, 4.69) is 15.4 Å². The minimum Gasteiger partial charge on any atom is -0.459 e. The van der Waals surface area contributed by atoms with Gasteiger partial charge in [0.25, 0.3) is 11.9 Å². The molecule has 1 saturated heterocycles. The summed E-state index contributed by atoms with van der Waals surface area (Å²) < 4.78 is 70.3. The van der Waals surface area contributed by atoms with Crippen LogP contribution in [0.5, 0.6) is 6.01 Å². The Bertz CT molecular complexity index is 2610. The first-order valence-corrected chi connectivity index (χ1v) is 24.1. The van der Waals surface area contributed by atoms with E-state index >= 15 is 0 Å². The molecule has 5 atom stereocenters. The van der Waals surface area contributed by atoms with Crippen LogP contribution in [0.1, 0.15) is 96.9 Å². The number of nitrogens with one attached hydrogen (secondary N) is 3. The number of benzene rings is 2. The second-order valence-electron chi connectivity index (χ2n) is 18.3. The highest BCUT2D eigenvalue weighted by Gasteiger charge is 2.62. The molecule has 0 bridgehead atoms. The van der Waals surface area contributed by atoms with Crippen molar-refractivity contribution in [2.75, 3.05) is 20.6 Å². The van der Waals surface area contributed by atoms with Crippen LogP contribution in [-0.2, 0) is 35.8 Å². The number of carbonyl (C=O) groups excluding carboxylic acids is 4. The average molecular weight is 939 g/mol. The lowest BCUT2D eigenvalue weighted by Crippen LogP contribution is -2.58. The minimum atomic E-state index is -4.22. The summed E-state index contributed by atoms with van der Waals surface area (Å²) in [6, 6.07) is 7.21. The zero-order valence-electron chi connectivity index (χ0n) is 37.5. The fourth-order valence-corrected chi connectivity index (χ4v) is 9.73. The van der Waals surface area contributed by atoms with Crippen molar-refractivity contribution < 1.29 is 45.9 Å². The SMILES string of the molecule is CC(C)n1c(O[C@@H]2C[C@H]3C(=O)N[C@]4(C(=O)NS(=O)(=O)N(C)C)C[C@H]4/C=C\CCCCC[C@H](NC(=O)OC(C)(C)C)C(=O)N3C2)nc2c(-c3nc(Cc4ccc(F)c(F)c4)cs3)cccc21. The lowest BCUT2D eigenvalue weighted by molar-refractivity contribution is -0.141. The van der Waals surface area contributed by atoms with Crippen molar-refractivity contribution in [3.8, 4) is 16.6 Å². The number of hydrogen-bond acceptors (Lipinski definition) is 11. The number of ether oxygens (including phenoxy) is 2. The van der Waals surface area contributed by atoms with Gasteiger partial charge in [0.05, 0.1) is 17.8 Å². The van der Waals surface area contributed by atoms with Gasteiger partial charge in [0, 0.05) is 49.8 Å². The fourth-order valence-electron chi connectivity index (χ4n) is 8.28. The Morgan fingerprint density at radius 2 is 1.85 bits per heavy atom. The molecule has 20 heteroatoms. The minimum absolute atomic E-state index is 0.0289. The van der Waals surface area contributed by atoms with Crippen molar-refractivity contribution >= 4 is 56.4 Å². The van der Waals surface area contributed by atoms with Crippen LogP contribution < -0.4 is 20.1 Å². The predicted molar refractivity (Wildman–Crippen MR) is 240 cm³/mol. The number of aromatic nitrogens is 3. The number of amides is 4. The second-order valence-corrected chi connectivity index (χ2v) is 21.1. The highest BCUT2D eigenvalue weighted by atomic mass is 32.2. The predicted octanol–water partition coefficient (Wildman–Crippen LogP) is 6.17. The number of rotatable bonds is 10. The van der Waals surface area contributed by atoms with Gasteiger partial charge in [0.2, 0.25) is 11.8 Å². The van der Waals surface area contributed by atoms with Crippen molar-refractivity contribution in [1.29, 1.82) is 0 Å². The van der Waals surface area contributed by atoms with Gasteiger partial charge in [-0.3, -0.25) is 19.0 Å². The normalized spacial score (nSPS) is 23.6. The van der Waals surface area contributed by atoms with Crippen LogP contribution in [0.3, 0.4) is 0 Å². The Labute approximate surface area is 381 Å². The van der Waals surface area contributed by atoms with E-state index in [1.54, 1.807) is 20.8 Å². The number of thiazole rings is 1. The molecule has 0 unspecified atom stereocenters. The van der Waals surface area contributed by atoms with Crippen molar-refractivity contribution in [2.24, 2.45) is 5.92 Å². The molecule has 0 spiro atoms. The lowest BCUT2D eigenvalue weighted by Gasteiger charge is -2.30. The molecule has 65 heavy (non-hydrogen) atoms. The van der Waals surface area contributed by atoms with E-state index in [9.17, 15) is 36.4 Å². The Morgan fingerprint density at radius 1 is 1.08 bits per heavy atom. The molecule has 1 aliphatic carbocycles. The standard InChI is InChI=1S/C45H56F2N8O8S2/c1-26(2)55-35-17-13-15-31(39-48-29(25-64-39)20-27-18-19-32(46)33(47)21-27)37(35)50-42(55)62-30-22-36-38(56)51-45(41(58)52-65(60,61)53(6)7)23-28(45)14-11-9-8-10-12-16-34(40(57)54(36)24-30)49-43(59)63-44(3,4)5/h11,13-15,17-19,21,25-26,28,30,34,36H,8-10,12,16,20,22-24H2,1-7H3,(H,49,59)(H,51,56)(H,52,58)/b14-11-/t28-,30-,34+,36+,45-/m1/s1. The number of carbonyl (C=O) groups is 4. The highest BCUT2D eigenvalue weighted by Crippen LogP contribution is 2.46. The highest BCUT2D eigenvalue weighted by molar-refractivity contribution is 7.87. The van der Waals surface area contributed by atoms with Crippen molar-refractivity contribution in [3.63, 3.8) is 0 Å². The summed E-state index contributed by atoms with van der Waals surface area (Å²) in [7, 11) is -1.66. The van der Waals surface area contributed by atoms with Crippen molar-refractivity contribution in [3.05, 3.63) is 76.8 Å². The van der Waals surface area contributed by atoms with Crippen molar-refractivity contribution in [1.82, 2.24) is 39.1 Å². The zero-order chi connectivity index (χ0) is 47.0. The van der Waals surface area contributed by atoms with Gasteiger partial charge in [0.1, 0.15) is 39.9 Å². The van der Waals surface area contributed by atoms with Crippen LogP contribution in [0.2, 0.25) is 0 Å². The number of hydrogen-bond donors (Lipinski definition) is 3. The van der Waals surface area contributed by atoms with E-state index in [1.807, 2.05) is 54.1 Å². The van der Waals surface area contributed by atoms with Crippen LogP contribution >= 0.6 is 11.3 Å². The number of imidazole rings is 1. The van der Waals surface area contributed by atoms with E-state index in [-0.39, 0.29) is 44.3 Å². The molecule has 4 aromatic rings. The molecule has 1 saturated carbocycles. The Kier molecular flexibility index (Phi) is 13.7. The van der Waals surface area contributed by atoms with Crippen LogP contribution in [0.15, 0.2) is 53.9 Å². The van der Waals surface area contributed by atoms with Gasteiger partial charge in [-0.25, -0.2) is 23.3 Å². The van der Waals surface area contributed by atoms with Gasteiger partial charge in [-0.15, -0.1) is 11.3 Å². The lowest BCUT2D eigenvalue weighted by atomic mass is 10.0. The molecule has 16 nitrogen and oxygen atoms in total. The van der Waals surface area contributed by atoms with Gasteiger partial charge in [-0.05, 0) is 90.1 Å². The second kappa shape index (κ2) is 18.8. The molecule has 2 aromatic heterocycles. The van der Waals surface area contributed by atoms with Crippen molar-refractivity contribution in [2.45, 2.75) is 121 Å². The van der Waals surface area contributed by atoms with Gasteiger partial charge in [-0.2, -0.15) is 17.7 Å². The zero-order valence-corrected chi connectivity index (χ0v) is 39.2. The maximum absolute atomic E-state index is 14.7. The number of para-hydroxylation sites is 1. The Balaban J connectivity index is 1.21. The molecular weight excluding hydrogens is 883 g/mol. The maximum Gasteiger partial charge on any atom is 0.408 e. The number of halogens is 2. The fraction of sp³-hybridized carbons (Fsp3) is 0.511. The maximum atomic E-state index is 14.7. The molecule has 4 amide bonds. The van der Waals surface area contributed by atoms with E-state index < -0.39 is 80.9 Å². The summed E-state index contributed by atoms with van der Waals surface area (Å²) in [6.07, 6.45) is 5.50. The molecule has 2 aliphatic heterocycles. The Hall–Kier alpha value is -5.47. The van der Waals surface area contributed by atoms with Gasteiger partial charge < -0.3 is 25.0 Å². The first-order chi connectivity index (χ1) is 30.7. The molecule has 3 N–H and O–H groups in total. The van der Waals surface area contributed by atoms with Crippen LogP contribution in [0.4, 0.5) is 13.6 Å². The topological polar surface area (TPSA) is 194 Å². The third kappa shape index (κ3) is 10.6.